The lowest BCUT2D eigenvalue weighted by atomic mass is 10.0. The molecule has 98 valence electrons. The molecule has 1 aromatic rings. The monoisotopic (exact) mass is 311 g/mol. The molecular formula is C14H20BrN2O+. The number of carbonyl (C=O) groups excluding carboxylic acids is 1. The van der Waals surface area contributed by atoms with Crippen molar-refractivity contribution in [1.29, 1.82) is 0 Å². The van der Waals surface area contributed by atoms with Crippen molar-refractivity contribution >= 4 is 27.5 Å². The van der Waals surface area contributed by atoms with Gasteiger partial charge in [0.05, 0.1) is 18.3 Å². The predicted octanol–water partition coefficient (Wildman–Crippen LogP) is 1.84. The van der Waals surface area contributed by atoms with Crippen LogP contribution in [0.3, 0.4) is 0 Å². The van der Waals surface area contributed by atoms with E-state index in [1.54, 1.807) is 0 Å². The second-order valence-corrected chi connectivity index (χ2v) is 5.86. The first-order valence-corrected chi connectivity index (χ1v) is 7.35. The molecule has 2 rings (SSSR count). The second-order valence-electron chi connectivity index (χ2n) is 5.01. The largest absolute Gasteiger partial charge is 0.325 e. The number of hydrogen-bond acceptors (Lipinski definition) is 1. The quantitative estimate of drug-likeness (QED) is 0.877. The highest BCUT2D eigenvalue weighted by Gasteiger charge is 2.24. The zero-order valence-electron chi connectivity index (χ0n) is 10.7. The highest BCUT2D eigenvalue weighted by Crippen LogP contribution is 2.20. The van der Waals surface area contributed by atoms with Gasteiger partial charge in [0.25, 0.3) is 5.91 Å². The number of piperidine rings is 1. The van der Waals surface area contributed by atoms with Crippen LogP contribution >= 0.6 is 15.9 Å². The number of carbonyl (C=O) groups is 1. The normalized spacial score (nSPS) is 23.7. The predicted molar refractivity (Wildman–Crippen MR) is 76.8 cm³/mol. The third kappa shape index (κ3) is 3.56. The average Bonchev–Trinajstić information content (AvgIpc) is 2.35. The number of anilines is 1. The number of quaternary nitrogens is 1. The topological polar surface area (TPSA) is 33.5 Å². The molecule has 18 heavy (non-hydrogen) atoms. The summed E-state index contributed by atoms with van der Waals surface area (Å²) in [5.41, 5.74) is 0.853. The molecule has 1 heterocycles. The first-order valence-electron chi connectivity index (χ1n) is 6.56. The van der Waals surface area contributed by atoms with Gasteiger partial charge in [-0.2, -0.15) is 0 Å². The van der Waals surface area contributed by atoms with E-state index in [0.29, 0.717) is 12.6 Å². The van der Waals surface area contributed by atoms with E-state index in [-0.39, 0.29) is 5.91 Å². The number of amides is 1. The fourth-order valence-corrected chi connectivity index (χ4v) is 2.86. The maximum absolute atomic E-state index is 12.0. The van der Waals surface area contributed by atoms with E-state index in [1.807, 2.05) is 24.3 Å². The summed E-state index contributed by atoms with van der Waals surface area (Å²) in [7, 11) is 0. The number of hydrogen-bond donors (Lipinski definition) is 2. The summed E-state index contributed by atoms with van der Waals surface area (Å²) >= 11 is 3.44. The summed E-state index contributed by atoms with van der Waals surface area (Å²) in [6.07, 6.45) is 3.77. The molecule has 1 aliphatic heterocycles. The fraction of sp³-hybridized carbons (Fsp3) is 0.500. The van der Waals surface area contributed by atoms with Crippen molar-refractivity contribution in [2.45, 2.75) is 32.2 Å². The van der Waals surface area contributed by atoms with Crippen molar-refractivity contribution < 1.29 is 9.69 Å². The van der Waals surface area contributed by atoms with Gasteiger partial charge in [-0.25, -0.2) is 0 Å². The van der Waals surface area contributed by atoms with Crippen LogP contribution < -0.4 is 10.2 Å². The highest BCUT2D eigenvalue weighted by atomic mass is 79.9. The molecule has 0 aliphatic carbocycles. The third-order valence-electron chi connectivity index (χ3n) is 3.62. The Kier molecular flexibility index (Phi) is 4.78. The number of halogens is 1. The Morgan fingerprint density at radius 1 is 1.44 bits per heavy atom. The van der Waals surface area contributed by atoms with Crippen molar-refractivity contribution in [3.63, 3.8) is 0 Å². The molecule has 2 N–H and O–H groups in total. The molecule has 1 amide bonds. The van der Waals surface area contributed by atoms with E-state index in [1.165, 1.54) is 24.2 Å². The summed E-state index contributed by atoms with van der Waals surface area (Å²) in [4.78, 5) is 13.4. The van der Waals surface area contributed by atoms with Crippen molar-refractivity contribution in [2.24, 2.45) is 0 Å². The van der Waals surface area contributed by atoms with E-state index < -0.39 is 0 Å². The lowest BCUT2D eigenvalue weighted by Crippen LogP contribution is -3.17. The molecule has 0 radical (unpaired) electrons. The molecule has 3 nitrogen and oxygen atoms in total. The molecule has 0 saturated carbocycles. The van der Waals surface area contributed by atoms with Crippen molar-refractivity contribution in [2.75, 3.05) is 18.4 Å². The van der Waals surface area contributed by atoms with Gasteiger partial charge in [0.1, 0.15) is 0 Å². The van der Waals surface area contributed by atoms with Gasteiger partial charge >= 0.3 is 0 Å². The molecule has 2 atom stereocenters. The average molecular weight is 312 g/mol. The molecule has 1 aromatic carbocycles. The van der Waals surface area contributed by atoms with E-state index in [2.05, 4.69) is 28.2 Å². The van der Waals surface area contributed by atoms with Crippen LogP contribution in [0.25, 0.3) is 0 Å². The lowest BCUT2D eigenvalue weighted by molar-refractivity contribution is -0.920. The van der Waals surface area contributed by atoms with Crippen LogP contribution in [0.15, 0.2) is 28.7 Å². The van der Waals surface area contributed by atoms with Gasteiger partial charge in [-0.1, -0.05) is 12.1 Å². The Balaban J connectivity index is 1.90. The molecule has 1 fully saturated rings. The Morgan fingerprint density at radius 3 is 2.94 bits per heavy atom. The fourth-order valence-electron chi connectivity index (χ4n) is 2.48. The van der Waals surface area contributed by atoms with E-state index in [4.69, 9.17) is 0 Å². The molecule has 0 bridgehead atoms. The first kappa shape index (κ1) is 13.6. The minimum atomic E-state index is 0.102. The van der Waals surface area contributed by atoms with Gasteiger partial charge in [-0.05, 0) is 54.2 Å². The Hall–Kier alpha value is -0.870. The highest BCUT2D eigenvalue weighted by molar-refractivity contribution is 9.10. The van der Waals surface area contributed by atoms with Gasteiger partial charge in [-0.15, -0.1) is 0 Å². The number of nitrogens with one attached hydrogen (secondary N) is 2. The van der Waals surface area contributed by atoms with Crippen molar-refractivity contribution in [1.82, 2.24) is 0 Å². The number of likely N-dealkylation sites (tertiary alicyclic amines) is 1. The molecule has 0 spiro atoms. The van der Waals surface area contributed by atoms with Crippen LogP contribution in [0.4, 0.5) is 5.69 Å². The first-order chi connectivity index (χ1) is 8.66. The number of rotatable bonds is 3. The zero-order valence-corrected chi connectivity index (χ0v) is 12.3. The van der Waals surface area contributed by atoms with Crippen LogP contribution in [-0.4, -0.2) is 25.0 Å². The van der Waals surface area contributed by atoms with Gasteiger partial charge in [0.15, 0.2) is 6.54 Å². The minimum Gasteiger partial charge on any atom is -0.325 e. The van der Waals surface area contributed by atoms with Crippen LogP contribution in [0, 0.1) is 0 Å². The Bertz CT molecular complexity index is 422. The molecule has 1 saturated heterocycles. The van der Waals surface area contributed by atoms with Gasteiger partial charge < -0.3 is 10.2 Å². The van der Waals surface area contributed by atoms with Gasteiger partial charge in [0, 0.05) is 4.47 Å². The Morgan fingerprint density at radius 2 is 2.22 bits per heavy atom. The minimum absolute atomic E-state index is 0.102. The standard InChI is InChI=1S/C14H19BrN2O/c1-11-6-4-5-9-17(11)10-14(18)16-13-8-3-2-7-12(13)15/h2-3,7-8,11H,4-6,9-10H2,1H3,(H,16,18)/p+1/t11-/m0/s1. The third-order valence-corrected chi connectivity index (χ3v) is 4.31. The maximum atomic E-state index is 12.0. The van der Waals surface area contributed by atoms with Gasteiger partial charge in [-0.3, -0.25) is 4.79 Å². The smallest absolute Gasteiger partial charge is 0.279 e. The Labute approximate surface area is 117 Å². The van der Waals surface area contributed by atoms with Crippen LogP contribution in [0.2, 0.25) is 0 Å². The summed E-state index contributed by atoms with van der Waals surface area (Å²) in [5, 5.41) is 2.97. The van der Waals surface area contributed by atoms with Crippen LogP contribution in [0.1, 0.15) is 26.2 Å². The van der Waals surface area contributed by atoms with Gasteiger partial charge in [0.2, 0.25) is 0 Å². The summed E-state index contributed by atoms with van der Waals surface area (Å²) in [6.45, 7) is 3.92. The number of benzene rings is 1. The summed E-state index contributed by atoms with van der Waals surface area (Å²) in [6, 6.07) is 8.32. The molecular weight excluding hydrogens is 292 g/mol. The summed E-state index contributed by atoms with van der Waals surface area (Å²) in [5.74, 6) is 0.102. The van der Waals surface area contributed by atoms with E-state index in [9.17, 15) is 4.79 Å². The van der Waals surface area contributed by atoms with Crippen molar-refractivity contribution in [3.05, 3.63) is 28.7 Å². The molecule has 1 unspecified atom stereocenters. The SMILES string of the molecule is C[C@H]1CCCC[NH+]1CC(=O)Nc1ccccc1Br. The molecule has 1 aliphatic rings. The van der Waals surface area contributed by atoms with Crippen LogP contribution in [0.5, 0.6) is 0 Å². The van der Waals surface area contributed by atoms with Crippen molar-refractivity contribution in [3.8, 4) is 0 Å². The number of para-hydroxylation sites is 1. The summed E-state index contributed by atoms with van der Waals surface area (Å²) < 4.78 is 0.931. The van der Waals surface area contributed by atoms with E-state index >= 15 is 0 Å². The van der Waals surface area contributed by atoms with Crippen LogP contribution in [-0.2, 0) is 4.79 Å². The molecule has 4 heteroatoms. The maximum Gasteiger partial charge on any atom is 0.279 e. The molecule has 0 aromatic heterocycles. The zero-order chi connectivity index (χ0) is 13.0. The lowest BCUT2D eigenvalue weighted by Gasteiger charge is -2.29. The second kappa shape index (κ2) is 6.34. The van der Waals surface area contributed by atoms with E-state index in [0.717, 1.165) is 16.7 Å².